The third-order valence-electron chi connectivity index (χ3n) is 1.87. The van der Waals surface area contributed by atoms with Gasteiger partial charge in [-0.3, -0.25) is 4.39 Å². The minimum Gasteiger partial charge on any atom is -0.314 e. The predicted octanol–water partition coefficient (Wildman–Crippen LogP) is -0.267. The molecule has 0 aromatic heterocycles. The fraction of sp³-hybridized carbons (Fsp3) is 1.00. The Kier molecular flexibility index (Phi) is 2.84. The molecule has 0 bridgehead atoms. The summed E-state index contributed by atoms with van der Waals surface area (Å²) in [5.74, 6) is 0.150. The van der Waals surface area contributed by atoms with Crippen LogP contribution < -0.4 is 5.32 Å². The lowest BCUT2D eigenvalue weighted by atomic mass is 10.3. The number of halogens is 1. The van der Waals surface area contributed by atoms with Crippen LogP contribution in [0.1, 0.15) is 6.42 Å². The molecule has 0 spiro atoms. The number of alkyl halides is 1. The van der Waals surface area contributed by atoms with Gasteiger partial charge in [-0.05, 0) is 6.42 Å². The molecule has 0 aromatic carbocycles. The highest BCUT2D eigenvalue weighted by atomic mass is 32.2. The molecular formula is C6H12FNO2S. The number of nitrogens with one attached hydrogen (secondary N) is 1. The van der Waals surface area contributed by atoms with Crippen molar-refractivity contribution in [1.29, 1.82) is 0 Å². The number of hydrogen-bond donors (Lipinski definition) is 1. The van der Waals surface area contributed by atoms with Crippen molar-refractivity contribution >= 4 is 9.84 Å². The fourth-order valence-corrected chi connectivity index (χ4v) is 2.76. The van der Waals surface area contributed by atoms with E-state index in [-0.39, 0.29) is 12.2 Å². The summed E-state index contributed by atoms with van der Waals surface area (Å²) in [7, 11) is -2.99. The molecule has 1 heterocycles. The van der Waals surface area contributed by atoms with Gasteiger partial charge in [-0.1, -0.05) is 0 Å². The van der Waals surface area contributed by atoms with Gasteiger partial charge in [-0.15, -0.1) is 0 Å². The van der Waals surface area contributed by atoms with Crippen molar-refractivity contribution < 1.29 is 12.8 Å². The zero-order chi connectivity index (χ0) is 8.32. The second kappa shape index (κ2) is 3.49. The van der Waals surface area contributed by atoms with Crippen molar-refractivity contribution in [3.63, 3.8) is 0 Å². The second-order valence-electron chi connectivity index (χ2n) is 2.67. The van der Waals surface area contributed by atoms with E-state index in [0.29, 0.717) is 13.1 Å². The Hall–Kier alpha value is -0.160. The molecule has 11 heavy (non-hydrogen) atoms. The van der Waals surface area contributed by atoms with Crippen molar-refractivity contribution in [3.8, 4) is 0 Å². The quantitative estimate of drug-likeness (QED) is 0.638. The molecule has 1 N–H and O–H groups in total. The third-order valence-corrected chi connectivity index (χ3v) is 4.07. The fourth-order valence-electron chi connectivity index (χ4n) is 1.17. The van der Waals surface area contributed by atoms with E-state index in [4.69, 9.17) is 0 Å². The Labute approximate surface area is 65.9 Å². The minimum atomic E-state index is -2.99. The summed E-state index contributed by atoms with van der Waals surface area (Å²) in [5.41, 5.74) is 0. The highest BCUT2D eigenvalue weighted by molar-refractivity contribution is 7.92. The van der Waals surface area contributed by atoms with Crippen molar-refractivity contribution in [2.45, 2.75) is 11.7 Å². The summed E-state index contributed by atoms with van der Waals surface area (Å²) in [6.45, 7) is 0.364. The maximum absolute atomic E-state index is 11.8. The molecule has 3 nitrogen and oxygen atoms in total. The summed E-state index contributed by atoms with van der Waals surface area (Å²) < 4.78 is 34.2. The van der Waals surface area contributed by atoms with E-state index >= 15 is 0 Å². The summed E-state index contributed by atoms with van der Waals surface area (Å²) in [6, 6.07) is 0. The molecule has 1 unspecified atom stereocenters. The van der Waals surface area contributed by atoms with E-state index in [9.17, 15) is 12.8 Å². The van der Waals surface area contributed by atoms with E-state index in [0.717, 1.165) is 0 Å². The van der Waals surface area contributed by atoms with Crippen molar-refractivity contribution in [1.82, 2.24) is 5.32 Å². The second-order valence-corrected chi connectivity index (χ2v) is 5.07. The largest absolute Gasteiger partial charge is 0.314 e. The molecule has 1 aliphatic rings. The van der Waals surface area contributed by atoms with Gasteiger partial charge in [0, 0.05) is 13.1 Å². The Bertz CT molecular complexity index is 213. The third kappa shape index (κ3) is 2.13. The number of rotatable bonds is 2. The van der Waals surface area contributed by atoms with Crippen LogP contribution in [0.15, 0.2) is 0 Å². The standard InChI is InChI=1S/C6H12FNO2S/c7-2-1-6-5-8-3-4-11(6,9)10/h6,8H,1-5H2. The van der Waals surface area contributed by atoms with Crippen LogP contribution in [0.4, 0.5) is 4.39 Å². The molecule has 1 rings (SSSR count). The zero-order valence-electron chi connectivity index (χ0n) is 6.22. The molecule has 0 aliphatic carbocycles. The SMILES string of the molecule is O=S1(=O)CCNCC1CCF. The van der Waals surface area contributed by atoms with Gasteiger partial charge >= 0.3 is 0 Å². The zero-order valence-corrected chi connectivity index (χ0v) is 7.03. The van der Waals surface area contributed by atoms with Crippen molar-refractivity contribution in [2.75, 3.05) is 25.5 Å². The first-order chi connectivity index (χ1) is 5.17. The Balaban J connectivity index is 2.60. The van der Waals surface area contributed by atoms with Gasteiger partial charge in [0.15, 0.2) is 9.84 Å². The molecule has 66 valence electrons. The summed E-state index contributed by atoms with van der Waals surface area (Å²) >= 11 is 0. The van der Waals surface area contributed by atoms with Crippen LogP contribution in [0.3, 0.4) is 0 Å². The topological polar surface area (TPSA) is 46.2 Å². The van der Waals surface area contributed by atoms with Gasteiger partial charge in [-0.2, -0.15) is 0 Å². The van der Waals surface area contributed by atoms with E-state index in [1.54, 1.807) is 0 Å². The highest BCUT2D eigenvalue weighted by Crippen LogP contribution is 2.09. The van der Waals surface area contributed by atoms with Crippen LogP contribution in [-0.2, 0) is 9.84 Å². The molecule has 0 saturated carbocycles. The van der Waals surface area contributed by atoms with Crippen LogP contribution >= 0.6 is 0 Å². The Morgan fingerprint density at radius 2 is 2.27 bits per heavy atom. The van der Waals surface area contributed by atoms with E-state index in [2.05, 4.69) is 5.32 Å². The molecule has 1 aliphatic heterocycles. The molecule has 0 amide bonds. The molecule has 1 atom stereocenters. The van der Waals surface area contributed by atoms with Crippen LogP contribution in [-0.4, -0.2) is 39.2 Å². The number of sulfone groups is 1. The summed E-state index contributed by atoms with van der Waals surface area (Å²) in [6.07, 6.45) is 0.134. The number of hydrogen-bond acceptors (Lipinski definition) is 3. The first kappa shape index (κ1) is 8.93. The normalized spacial score (nSPS) is 30.1. The molecular weight excluding hydrogens is 169 g/mol. The van der Waals surface area contributed by atoms with Crippen LogP contribution in [0.5, 0.6) is 0 Å². The van der Waals surface area contributed by atoms with Gasteiger partial charge in [0.2, 0.25) is 0 Å². The predicted molar refractivity (Wildman–Crippen MR) is 41.0 cm³/mol. The minimum absolute atomic E-state index is 0.134. The Morgan fingerprint density at radius 3 is 2.82 bits per heavy atom. The van der Waals surface area contributed by atoms with E-state index in [1.165, 1.54) is 0 Å². The monoisotopic (exact) mass is 181 g/mol. The van der Waals surface area contributed by atoms with Crippen LogP contribution in [0.2, 0.25) is 0 Å². The first-order valence-corrected chi connectivity index (χ1v) is 5.36. The molecule has 0 radical (unpaired) electrons. The van der Waals surface area contributed by atoms with E-state index < -0.39 is 21.8 Å². The first-order valence-electron chi connectivity index (χ1n) is 3.65. The summed E-state index contributed by atoms with van der Waals surface area (Å²) in [5, 5.41) is 2.43. The van der Waals surface area contributed by atoms with Crippen molar-refractivity contribution in [2.24, 2.45) is 0 Å². The summed E-state index contributed by atoms with van der Waals surface area (Å²) in [4.78, 5) is 0. The van der Waals surface area contributed by atoms with Gasteiger partial charge < -0.3 is 5.32 Å². The average Bonchev–Trinajstić information content (AvgIpc) is 1.94. The van der Waals surface area contributed by atoms with Gasteiger partial charge in [0.05, 0.1) is 17.7 Å². The van der Waals surface area contributed by atoms with Crippen LogP contribution in [0, 0.1) is 0 Å². The smallest absolute Gasteiger partial charge is 0.155 e. The van der Waals surface area contributed by atoms with Gasteiger partial charge in [0.25, 0.3) is 0 Å². The lowest BCUT2D eigenvalue weighted by Gasteiger charge is -2.21. The van der Waals surface area contributed by atoms with Crippen molar-refractivity contribution in [3.05, 3.63) is 0 Å². The molecule has 1 saturated heterocycles. The lowest BCUT2D eigenvalue weighted by Crippen LogP contribution is -2.44. The maximum Gasteiger partial charge on any atom is 0.155 e. The lowest BCUT2D eigenvalue weighted by molar-refractivity contribution is 0.444. The molecule has 5 heteroatoms. The highest BCUT2D eigenvalue weighted by Gasteiger charge is 2.27. The molecule has 0 aromatic rings. The average molecular weight is 181 g/mol. The van der Waals surface area contributed by atoms with Gasteiger partial charge in [-0.25, -0.2) is 8.42 Å². The molecule has 1 fully saturated rings. The van der Waals surface area contributed by atoms with Crippen LogP contribution in [0.25, 0.3) is 0 Å². The van der Waals surface area contributed by atoms with E-state index in [1.807, 2.05) is 0 Å². The Morgan fingerprint density at radius 1 is 1.55 bits per heavy atom. The maximum atomic E-state index is 11.8. The van der Waals surface area contributed by atoms with Gasteiger partial charge in [0.1, 0.15) is 0 Å².